The van der Waals surface area contributed by atoms with Crippen molar-refractivity contribution in [2.24, 2.45) is 0 Å². The molecule has 0 unspecified atom stereocenters. The smallest absolute Gasteiger partial charge is 0.195 e. The fourth-order valence-electron chi connectivity index (χ4n) is 8.76. The predicted molar refractivity (Wildman–Crippen MR) is 262 cm³/mol. The minimum atomic E-state index is -0.141. The number of ketones is 2. The van der Waals surface area contributed by atoms with Gasteiger partial charge in [-0.3, -0.25) is 9.59 Å². The van der Waals surface area contributed by atoms with E-state index in [1.807, 2.05) is 121 Å². The molecule has 6 aromatic carbocycles. The summed E-state index contributed by atoms with van der Waals surface area (Å²) in [6.45, 7) is 10.5. The number of allylic oxidation sites excluding steroid dienone is 14. The standard InChI is InChI=1S/C61H46O3/c1-40-25-27-49(28-26-40)55-56(59(47-23-15-8-16-24-47)61(63)58(55)46-21-13-7-14-22-46)50-31-35-53(36-32-50)64-52-33-29-48(30-34-52)54(51-38-41(2)37-42(3)39-51)57(45-19-11-6-12-20-45)60(62)43(4)44-17-9-5-10-18-44/h5-6,9-13,15,17-39H,4,7,14H2,1-3H3/b57-54-. The Morgan fingerprint density at radius 2 is 1.14 bits per heavy atom. The number of aryl methyl sites for hydroxylation is 3. The van der Waals surface area contributed by atoms with Crippen molar-refractivity contribution in [2.75, 3.05) is 0 Å². The van der Waals surface area contributed by atoms with Gasteiger partial charge < -0.3 is 4.74 Å². The summed E-state index contributed by atoms with van der Waals surface area (Å²) in [5.41, 5.74) is 21.5. The van der Waals surface area contributed by atoms with E-state index < -0.39 is 0 Å². The van der Waals surface area contributed by atoms with Crippen molar-refractivity contribution in [3.8, 4) is 11.5 Å². The lowest BCUT2D eigenvalue weighted by Crippen LogP contribution is -2.08. The molecular formula is C61H46O3. The van der Waals surface area contributed by atoms with Crippen molar-refractivity contribution in [2.45, 2.75) is 33.6 Å². The highest BCUT2D eigenvalue weighted by atomic mass is 16.5. The molecule has 0 aromatic heterocycles. The zero-order valence-corrected chi connectivity index (χ0v) is 36.2. The molecule has 0 fully saturated rings. The van der Waals surface area contributed by atoms with E-state index in [9.17, 15) is 9.59 Å². The number of rotatable bonds is 12. The molecule has 0 N–H and O–H groups in total. The summed E-state index contributed by atoms with van der Waals surface area (Å²) in [7, 11) is 0. The Bertz CT molecular complexity index is 3130. The van der Waals surface area contributed by atoms with Crippen molar-refractivity contribution in [3.63, 3.8) is 0 Å². The zero-order valence-electron chi connectivity index (χ0n) is 36.2. The fourth-order valence-corrected chi connectivity index (χ4v) is 8.76. The summed E-state index contributed by atoms with van der Waals surface area (Å²) in [6, 6.07) is 50.2. The summed E-state index contributed by atoms with van der Waals surface area (Å²) in [4.78, 5) is 29.5. The first-order chi connectivity index (χ1) is 31.2. The molecule has 3 heteroatoms. The van der Waals surface area contributed by atoms with Crippen LogP contribution in [0.1, 0.15) is 62.9 Å². The van der Waals surface area contributed by atoms with Crippen molar-refractivity contribution in [3.05, 3.63) is 279 Å². The number of hydrogen-bond donors (Lipinski definition) is 0. The summed E-state index contributed by atoms with van der Waals surface area (Å²) in [6.07, 6.45) is 13.8. The van der Waals surface area contributed by atoms with Crippen LogP contribution in [0.4, 0.5) is 0 Å². The van der Waals surface area contributed by atoms with Gasteiger partial charge in [-0.1, -0.05) is 180 Å². The average Bonchev–Trinajstić information content (AvgIpc) is 3.64. The van der Waals surface area contributed by atoms with Gasteiger partial charge in [0.05, 0.1) is 0 Å². The highest BCUT2D eigenvalue weighted by molar-refractivity contribution is 6.46. The number of carbonyl (C=O) groups excluding carboxylic acids is 2. The molecule has 9 rings (SSSR count). The maximum atomic E-state index is 14.7. The van der Waals surface area contributed by atoms with Crippen molar-refractivity contribution < 1.29 is 14.3 Å². The van der Waals surface area contributed by atoms with E-state index in [1.165, 1.54) is 0 Å². The first-order valence-electron chi connectivity index (χ1n) is 21.7. The quantitative estimate of drug-likeness (QED) is 0.0701. The van der Waals surface area contributed by atoms with Gasteiger partial charge in [-0.15, -0.1) is 0 Å². The van der Waals surface area contributed by atoms with E-state index in [1.54, 1.807) is 6.08 Å². The van der Waals surface area contributed by atoms with Crippen LogP contribution in [0, 0.1) is 20.8 Å². The Morgan fingerprint density at radius 3 is 1.72 bits per heavy atom. The summed E-state index contributed by atoms with van der Waals surface area (Å²) < 4.78 is 6.52. The number of ether oxygens (including phenoxy) is 1. The molecule has 3 aliphatic rings. The van der Waals surface area contributed by atoms with E-state index in [4.69, 9.17) is 4.74 Å². The second-order valence-electron chi connectivity index (χ2n) is 16.4. The van der Waals surface area contributed by atoms with E-state index >= 15 is 0 Å². The van der Waals surface area contributed by atoms with Crippen LogP contribution >= 0.6 is 0 Å². The first kappa shape index (κ1) is 41.3. The molecular weight excluding hydrogens is 781 g/mol. The summed E-state index contributed by atoms with van der Waals surface area (Å²) in [5.74, 6) is 1.15. The third-order valence-corrected chi connectivity index (χ3v) is 11.7. The molecule has 0 saturated carbocycles. The Labute approximate surface area is 375 Å². The molecule has 3 aliphatic carbocycles. The van der Waals surface area contributed by atoms with Gasteiger partial charge >= 0.3 is 0 Å². The molecule has 64 heavy (non-hydrogen) atoms. The lowest BCUT2D eigenvalue weighted by atomic mass is 9.83. The monoisotopic (exact) mass is 826 g/mol. The van der Waals surface area contributed by atoms with E-state index in [2.05, 4.69) is 99.5 Å². The number of benzene rings is 6. The molecule has 0 saturated heterocycles. The number of Topliss-reactive ketones (excluding diaryl/α,β-unsaturated/α-hetero) is 2. The summed E-state index contributed by atoms with van der Waals surface area (Å²) in [5, 5.41) is 0. The molecule has 0 radical (unpaired) electrons. The second-order valence-corrected chi connectivity index (χ2v) is 16.4. The van der Waals surface area contributed by atoms with Crippen LogP contribution in [0.2, 0.25) is 0 Å². The van der Waals surface area contributed by atoms with Gasteiger partial charge in [0.25, 0.3) is 0 Å². The van der Waals surface area contributed by atoms with Gasteiger partial charge in [0.1, 0.15) is 11.5 Å². The molecule has 308 valence electrons. The highest BCUT2D eigenvalue weighted by Gasteiger charge is 2.36. The Hall–Kier alpha value is -8.06. The predicted octanol–water partition coefficient (Wildman–Crippen LogP) is 14.5. The second kappa shape index (κ2) is 18.1. The molecule has 0 atom stereocenters. The first-order valence-corrected chi connectivity index (χ1v) is 21.7. The number of hydrogen-bond acceptors (Lipinski definition) is 3. The number of carbonyl (C=O) groups is 2. The van der Waals surface area contributed by atoms with Gasteiger partial charge in [-0.05, 0) is 121 Å². The van der Waals surface area contributed by atoms with E-state index in [-0.39, 0.29) is 11.6 Å². The fraction of sp³-hybridized carbons (Fsp3) is 0.0820. The van der Waals surface area contributed by atoms with Gasteiger partial charge in [0, 0.05) is 39.0 Å². The van der Waals surface area contributed by atoms with Gasteiger partial charge in [-0.2, -0.15) is 0 Å². The molecule has 6 aromatic rings. The lowest BCUT2D eigenvalue weighted by Gasteiger charge is -2.19. The van der Waals surface area contributed by atoms with Gasteiger partial charge in [0.15, 0.2) is 11.6 Å². The maximum Gasteiger partial charge on any atom is 0.195 e. The van der Waals surface area contributed by atoms with Crippen LogP contribution in [-0.4, -0.2) is 11.6 Å². The van der Waals surface area contributed by atoms with Crippen LogP contribution in [0.25, 0.3) is 27.9 Å². The van der Waals surface area contributed by atoms with Crippen LogP contribution in [0.15, 0.2) is 228 Å². The topological polar surface area (TPSA) is 43.4 Å². The Kier molecular flexibility index (Phi) is 11.7. The van der Waals surface area contributed by atoms with E-state index in [0.717, 1.165) is 90.8 Å². The molecule has 0 spiro atoms. The minimum absolute atomic E-state index is 0.000800. The van der Waals surface area contributed by atoms with E-state index in [0.29, 0.717) is 33.8 Å². The normalized spacial score (nSPS) is 14.7. The van der Waals surface area contributed by atoms with Gasteiger partial charge in [-0.25, -0.2) is 0 Å². The molecule has 3 nitrogen and oxygen atoms in total. The lowest BCUT2D eigenvalue weighted by molar-refractivity contribution is -0.111. The minimum Gasteiger partial charge on any atom is -0.457 e. The molecule has 0 amide bonds. The highest BCUT2D eigenvalue weighted by Crippen LogP contribution is 2.49. The SMILES string of the molecule is C=C(C(=O)/C(=C(/c1ccc(Oc2ccc(C3=C(C4=CC=C=C=C4)C(=O)C(C4=CCCC=C4)=C3c3ccc(C)cc3)cc2)cc1)c1cc(C)cc(C)c1)c1ccccc1)c1ccccc1. The Balaban J connectivity index is 1.10. The largest absolute Gasteiger partial charge is 0.457 e. The third kappa shape index (κ3) is 8.43. The molecule has 0 aliphatic heterocycles. The van der Waals surface area contributed by atoms with Crippen LogP contribution in [0.5, 0.6) is 11.5 Å². The van der Waals surface area contributed by atoms with Crippen molar-refractivity contribution >= 4 is 39.4 Å². The van der Waals surface area contributed by atoms with Crippen LogP contribution in [0.3, 0.4) is 0 Å². The van der Waals surface area contributed by atoms with Gasteiger partial charge in [0.2, 0.25) is 0 Å². The van der Waals surface area contributed by atoms with Crippen molar-refractivity contribution in [1.29, 1.82) is 0 Å². The molecule has 0 heterocycles. The Morgan fingerprint density at radius 1 is 0.562 bits per heavy atom. The zero-order chi connectivity index (χ0) is 44.2. The maximum absolute atomic E-state index is 14.7. The van der Waals surface area contributed by atoms with Crippen molar-refractivity contribution in [1.82, 2.24) is 0 Å². The third-order valence-electron chi connectivity index (χ3n) is 11.7. The van der Waals surface area contributed by atoms with Crippen LogP contribution < -0.4 is 4.74 Å². The van der Waals surface area contributed by atoms with Crippen LogP contribution in [-0.2, 0) is 9.59 Å². The molecule has 0 bridgehead atoms. The average molecular weight is 827 g/mol. The summed E-state index contributed by atoms with van der Waals surface area (Å²) >= 11 is 0.